The van der Waals surface area contributed by atoms with Gasteiger partial charge in [0.15, 0.2) is 15.6 Å². The number of rotatable bonds is 7. The summed E-state index contributed by atoms with van der Waals surface area (Å²) in [5, 5.41) is 3.05. The topological polar surface area (TPSA) is 76.4 Å². The van der Waals surface area contributed by atoms with Gasteiger partial charge in [-0.15, -0.1) is 0 Å². The maximum Gasteiger partial charge on any atom is 0.287 e. The summed E-state index contributed by atoms with van der Waals surface area (Å²) in [6.45, 7) is 6.87. The summed E-state index contributed by atoms with van der Waals surface area (Å²) in [4.78, 5) is 13.0. The van der Waals surface area contributed by atoms with Crippen LogP contribution >= 0.6 is 0 Å². The van der Waals surface area contributed by atoms with E-state index in [-0.39, 0.29) is 28.4 Å². The minimum atomic E-state index is -3.54. The Morgan fingerprint density at radius 1 is 1.10 bits per heavy atom. The summed E-state index contributed by atoms with van der Waals surface area (Å²) in [7, 11) is -3.54. The quantitative estimate of drug-likeness (QED) is 0.689. The van der Waals surface area contributed by atoms with Crippen LogP contribution in [-0.4, -0.2) is 20.4 Å². The van der Waals surface area contributed by atoms with Crippen LogP contribution in [0.15, 0.2) is 52.0 Å². The third-order valence-electron chi connectivity index (χ3n) is 6.48. The smallest absolute Gasteiger partial charge is 0.287 e. The highest BCUT2D eigenvalue weighted by Gasteiger charge is 2.33. The van der Waals surface area contributed by atoms with E-state index in [1.54, 1.807) is 36.4 Å². The number of hydrogen-bond donors (Lipinski definition) is 1. The van der Waals surface area contributed by atoms with Crippen LogP contribution in [0, 0.1) is 11.3 Å². The van der Waals surface area contributed by atoms with Gasteiger partial charge in [0.2, 0.25) is 0 Å². The molecule has 158 valence electrons. The Labute approximate surface area is 173 Å². The minimum absolute atomic E-state index is 0.0977. The SMILES string of the molecule is CCC(C)(C)C1CCC(NC(=O)c2occc2CS(=O)(=O)c2ccccc2)CC1. The van der Waals surface area contributed by atoms with E-state index in [0.29, 0.717) is 16.9 Å². The average molecular weight is 418 g/mol. The second-order valence-electron chi connectivity index (χ2n) is 8.71. The van der Waals surface area contributed by atoms with Crippen LogP contribution in [0.5, 0.6) is 0 Å². The molecule has 1 heterocycles. The van der Waals surface area contributed by atoms with Crippen molar-refractivity contribution in [2.45, 2.75) is 69.6 Å². The predicted octanol–water partition coefficient (Wildman–Crippen LogP) is 4.98. The Kier molecular flexibility index (Phi) is 6.52. The van der Waals surface area contributed by atoms with Crippen molar-refractivity contribution in [2.75, 3.05) is 0 Å². The van der Waals surface area contributed by atoms with Crippen molar-refractivity contribution < 1.29 is 17.6 Å². The standard InChI is InChI=1S/C23H31NO4S/c1-4-23(2,3)18-10-12-19(13-11-18)24-22(25)21-17(14-15-28-21)16-29(26,27)20-8-6-5-7-9-20/h5-9,14-15,18-19H,4,10-13,16H2,1-3H3,(H,24,25). The molecule has 1 amide bonds. The zero-order valence-corrected chi connectivity index (χ0v) is 18.3. The van der Waals surface area contributed by atoms with Crippen molar-refractivity contribution in [2.24, 2.45) is 11.3 Å². The predicted molar refractivity (Wildman–Crippen MR) is 113 cm³/mol. The van der Waals surface area contributed by atoms with E-state index in [9.17, 15) is 13.2 Å². The first-order valence-corrected chi connectivity index (χ1v) is 12.0. The van der Waals surface area contributed by atoms with Crippen molar-refractivity contribution in [3.8, 4) is 0 Å². The molecule has 2 aromatic rings. The first-order valence-electron chi connectivity index (χ1n) is 10.4. The van der Waals surface area contributed by atoms with Gasteiger partial charge in [0.25, 0.3) is 5.91 Å². The number of hydrogen-bond acceptors (Lipinski definition) is 4. The fourth-order valence-electron chi connectivity index (χ4n) is 4.12. The van der Waals surface area contributed by atoms with Crippen molar-refractivity contribution >= 4 is 15.7 Å². The molecule has 0 unspecified atom stereocenters. The lowest BCUT2D eigenvalue weighted by atomic mass is 9.69. The Morgan fingerprint density at radius 2 is 1.76 bits per heavy atom. The molecule has 6 heteroatoms. The van der Waals surface area contributed by atoms with Gasteiger partial charge in [-0.2, -0.15) is 0 Å². The summed E-state index contributed by atoms with van der Waals surface area (Å²) >= 11 is 0. The molecule has 1 saturated carbocycles. The Balaban J connectivity index is 1.63. The summed E-state index contributed by atoms with van der Waals surface area (Å²) in [5.41, 5.74) is 0.724. The molecule has 1 fully saturated rings. The van der Waals surface area contributed by atoms with Crippen LogP contribution in [0.2, 0.25) is 0 Å². The van der Waals surface area contributed by atoms with Crippen molar-refractivity contribution in [1.29, 1.82) is 0 Å². The first kappa shape index (κ1) is 21.6. The number of carbonyl (C=O) groups is 1. The molecule has 29 heavy (non-hydrogen) atoms. The van der Waals surface area contributed by atoms with Crippen molar-refractivity contribution in [3.63, 3.8) is 0 Å². The van der Waals surface area contributed by atoms with Gasteiger partial charge in [0.05, 0.1) is 16.9 Å². The molecule has 3 rings (SSSR count). The third kappa shape index (κ3) is 5.10. The van der Waals surface area contributed by atoms with Crippen molar-refractivity contribution in [3.05, 3.63) is 54.0 Å². The highest BCUT2D eigenvalue weighted by atomic mass is 32.2. The van der Waals surface area contributed by atoms with Crippen molar-refractivity contribution in [1.82, 2.24) is 5.32 Å². The summed E-state index contributed by atoms with van der Waals surface area (Å²) in [6.07, 6.45) is 6.61. The molecule has 1 aromatic carbocycles. The summed E-state index contributed by atoms with van der Waals surface area (Å²) in [5.74, 6) is 0.191. The van der Waals surface area contributed by atoms with Crippen LogP contribution in [0.3, 0.4) is 0 Å². The van der Waals surface area contributed by atoms with Crippen LogP contribution in [-0.2, 0) is 15.6 Å². The molecule has 5 nitrogen and oxygen atoms in total. The van der Waals surface area contributed by atoms with Gasteiger partial charge in [-0.1, -0.05) is 45.4 Å². The average Bonchev–Trinajstić information content (AvgIpc) is 3.16. The maximum absolute atomic E-state index is 12.8. The van der Waals surface area contributed by atoms with E-state index in [1.807, 2.05) is 0 Å². The Bertz CT molecular complexity index is 923. The van der Waals surface area contributed by atoms with E-state index in [4.69, 9.17) is 4.42 Å². The fourth-order valence-corrected chi connectivity index (χ4v) is 5.50. The largest absolute Gasteiger partial charge is 0.459 e. The lowest BCUT2D eigenvalue weighted by Crippen LogP contribution is -2.40. The number of sulfone groups is 1. The molecule has 0 aliphatic heterocycles. The van der Waals surface area contributed by atoms with Crippen LogP contribution in [0.4, 0.5) is 0 Å². The van der Waals surface area contributed by atoms with Gasteiger partial charge >= 0.3 is 0 Å². The molecule has 1 aromatic heterocycles. The van der Waals surface area contributed by atoms with Crippen LogP contribution in [0.1, 0.15) is 69.0 Å². The first-order chi connectivity index (χ1) is 13.7. The second kappa shape index (κ2) is 8.74. The minimum Gasteiger partial charge on any atom is -0.459 e. The van der Waals surface area contributed by atoms with E-state index in [0.717, 1.165) is 32.1 Å². The summed E-state index contributed by atoms with van der Waals surface area (Å²) < 4.78 is 30.7. The number of benzene rings is 1. The van der Waals surface area contributed by atoms with Gasteiger partial charge in [0, 0.05) is 11.6 Å². The van der Waals surface area contributed by atoms with Crippen LogP contribution < -0.4 is 5.32 Å². The van der Waals surface area contributed by atoms with E-state index >= 15 is 0 Å². The number of carbonyl (C=O) groups excluding carboxylic acids is 1. The second-order valence-corrected chi connectivity index (χ2v) is 10.7. The zero-order valence-electron chi connectivity index (χ0n) is 17.5. The zero-order chi connectivity index (χ0) is 21.1. The highest BCUT2D eigenvalue weighted by molar-refractivity contribution is 7.90. The Hall–Kier alpha value is -2.08. The molecule has 1 aliphatic carbocycles. The highest BCUT2D eigenvalue weighted by Crippen LogP contribution is 2.40. The summed E-state index contributed by atoms with van der Waals surface area (Å²) in [6, 6.07) is 9.94. The van der Waals surface area contributed by atoms with Gasteiger partial charge in [-0.3, -0.25) is 4.79 Å². The van der Waals surface area contributed by atoms with Crippen LogP contribution in [0.25, 0.3) is 0 Å². The molecule has 0 atom stereocenters. The Morgan fingerprint density at radius 3 is 2.38 bits per heavy atom. The molecule has 0 radical (unpaired) electrons. The van der Waals surface area contributed by atoms with E-state index in [2.05, 4.69) is 26.1 Å². The van der Waals surface area contributed by atoms with Gasteiger partial charge < -0.3 is 9.73 Å². The fraction of sp³-hybridized carbons (Fsp3) is 0.522. The van der Waals surface area contributed by atoms with Gasteiger partial charge in [-0.25, -0.2) is 8.42 Å². The number of furan rings is 1. The van der Waals surface area contributed by atoms with E-state index < -0.39 is 9.84 Å². The molecule has 0 spiro atoms. The lowest BCUT2D eigenvalue weighted by Gasteiger charge is -2.39. The third-order valence-corrected chi connectivity index (χ3v) is 8.16. The van der Waals surface area contributed by atoms with Gasteiger partial charge in [0.1, 0.15) is 0 Å². The molecule has 0 saturated heterocycles. The van der Waals surface area contributed by atoms with E-state index in [1.165, 1.54) is 6.26 Å². The van der Waals surface area contributed by atoms with Gasteiger partial charge in [-0.05, 0) is 55.2 Å². The monoisotopic (exact) mass is 417 g/mol. The molecular formula is C23H31NO4S. The normalized spacial score (nSPS) is 20.4. The lowest BCUT2D eigenvalue weighted by molar-refractivity contribution is 0.0865. The molecular weight excluding hydrogens is 386 g/mol. The molecule has 0 bridgehead atoms. The molecule has 1 N–H and O–H groups in total. The maximum atomic E-state index is 12.8. The number of nitrogens with one attached hydrogen (secondary N) is 1. The molecule has 1 aliphatic rings. The number of amides is 1.